The first-order valence-corrected chi connectivity index (χ1v) is 9.06. The van der Waals surface area contributed by atoms with E-state index in [0.29, 0.717) is 42.7 Å². The fraction of sp³-hybridized carbons (Fsp3) is 0.444. The number of carbonyl (C=O) groups excluding carboxylic acids is 1. The Morgan fingerprint density at radius 1 is 1.36 bits per heavy atom. The average molecular weight is 362 g/mol. The van der Waals surface area contributed by atoms with E-state index in [1.54, 1.807) is 36.6 Å². The summed E-state index contributed by atoms with van der Waals surface area (Å²) in [6, 6.07) is 5.30. The number of rotatable bonds is 7. The molecule has 3 rings (SSSR count). The van der Waals surface area contributed by atoms with Crippen LogP contribution in [0.25, 0.3) is 0 Å². The molecular formula is C18H22N2O4S. The van der Waals surface area contributed by atoms with Crippen molar-refractivity contribution in [1.82, 2.24) is 9.88 Å². The van der Waals surface area contributed by atoms with Crippen LogP contribution in [0.1, 0.15) is 34.9 Å². The van der Waals surface area contributed by atoms with E-state index in [1.807, 2.05) is 10.3 Å². The molecule has 1 aliphatic rings. The third kappa shape index (κ3) is 4.29. The van der Waals surface area contributed by atoms with Crippen molar-refractivity contribution >= 4 is 17.2 Å². The van der Waals surface area contributed by atoms with E-state index in [0.717, 1.165) is 10.7 Å². The first-order valence-electron chi connectivity index (χ1n) is 8.18. The third-order valence-electron chi connectivity index (χ3n) is 3.71. The van der Waals surface area contributed by atoms with Crippen molar-refractivity contribution in [3.05, 3.63) is 39.8 Å². The topological polar surface area (TPSA) is 60.9 Å². The van der Waals surface area contributed by atoms with Gasteiger partial charge in [-0.2, -0.15) is 0 Å². The van der Waals surface area contributed by atoms with E-state index in [4.69, 9.17) is 14.2 Å². The van der Waals surface area contributed by atoms with Crippen molar-refractivity contribution in [1.29, 1.82) is 0 Å². The van der Waals surface area contributed by atoms with Crippen LogP contribution < -0.4 is 9.47 Å². The van der Waals surface area contributed by atoms with Crippen LogP contribution in [0.3, 0.4) is 0 Å². The molecule has 0 N–H and O–H groups in total. The summed E-state index contributed by atoms with van der Waals surface area (Å²) in [5.74, 6) is 1.62. The molecule has 0 bridgehead atoms. The number of aromatic nitrogens is 1. The number of ether oxygens (including phenoxy) is 3. The Labute approximate surface area is 151 Å². The monoisotopic (exact) mass is 362 g/mol. The normalized spacial score (nSPS) is 12.6. The average Bonchev–Trinajstić information content (AvgIpc) is 3.22. The number of hydrogen-bond donors (Lipinski definition) is 0. The fourth-order valence-corrected chi connectivity index (χ4v) is 3.43. The predicted molar refractivity (Wildman–Crippen MR) is 95.0 cm³/mol. The molecule has 0 unspecified atom stereocenters. The molecule has 2 aromatic rings. The highest BCUT2D eigenvalue weighted by atomic mass is 32.1. The molecule has 0 spiro atoms. The standard InChI is InChI=1S/C18H22N2O4S/c1-12(2)7-20(8-14-10-25-17(19-14)9-22-3)18(21)13-4-5-15-16(6-13)24-11-23-15/h4-6,10,12H,7-9,11H2,1-3H3. The van der Waals surface area contributed by atoms with Gasteiger partial charge in [-0.1, -0.05) is 13.8 Å². The highest BCUT2D eigenvalue weighted by Crippen LogP contribution is 2.33. The van der Waals surface area contributed by atoms with Gasteiger partial charge in [-0.05, 0) is 24.1 Å². The molecule has 0 fully saturated rings. The molecular weight excluding hydrogens is 340 g/mol. The third-order valence-corrected chi connectivity index (χ3v) is 4.58. The van der Waals surface area contributed by atoms with Gasteiger partial charge >= 0.3 is 0 Å². The summed E-state index contributed by atoms with van der Waals surface area (Å²) in [6.07, 6.45) is 0. The lowest BCUT2D eigenvalue weighted by Gasteiger charge is -2.24. The minimum absolute atomic E-state index is 0.0340. The van der Waals surface area contributed by atoms with Gasteiger partial charge in [0, 0.05) is 24.6 Å². The van der Waals surface area contributed by atoms with Crippen LogP contribution in [0.15, 0.2) is 23.6 Å². The van der Waals surface area contributed by atoms with Crippen LogP contribution in [0.5, 0.6) is 11.5 Å². The molecule has 0 radical (unpaired) electrons. The minimum Gasteiger partial charge on any atom is -0.454 e. The zero-order chi connectivity index (χ0) is 17.8. The highest BCUT2D eigenvalue weighted by Gasteiger charge is 2.22. The lowest BCUT2D eigenvalue weighted by molar-refractivity contribution is 0.0720. The lowest BCUT2D eigenvalue weighted by Crippen LogP contribution is -2.33. The number of thiazole rings is 1. The van der Waals surface area contributed by atoms with Crippen molar-refractivity contribution in [3.8, 4) is 11.5 Å². The van der Waals surface area contributed by atoms with Crippen LogP contribution >= 0.6 is 11.3 Å². The largest absolute Gasteiger partial charge is 0.454 e. The molecule has 0 aliphatic carbocycles. The maximum Gasteiger partial charge on any atom is 0.254 e. The van der Waals surface area contributed by atoms with E-state index in [9.17, 15) is 4.79 Å². The summed E-state index contributed by atoms with van der Waals surface area (Å²) in [5, 5.41) is 2.90. The molecule has 25 heavy (non-hydrogen) atoms. The summed E-state index contributed by atoms with van der Waals surface area (Å²) in [7, 11) is 1.65. The van der Waals surface area contributed by atoms with Gasteiger partial charge in [0.15, 0.2) is 11.5 Å². The zero-order valence-corrected chi connectivity index (χ0v) is 15.5. The molecule has 0 atom stereocenters. The Kier molecular flexibility index (Phi) is 5.55. The maximum atomic E-state index is 13.0. The van der Waals surface area contributed by atoms with Gasteiger partial charge < -0.3 is 19.1 Å². The molecule has 1 aromatic heterocycles. The van der Waals surface area contributed by atoms with Gasteiger partial charge in [-0.15, -0.1) is 11.3 Å². The molecule has 2 heterocycles. The predicted octanol–water partition coefficient (Wildman–Crippen LogP) is 3.32. The van der Waals surface area contributed by atoms with Crippen molar-refractivity contribution in [2.24, 2.45) is 5.92 Å². The molecule has 1 aromatic carbocycles. The van der Waals surface area contributed by atoms with Crippen molar-refractivity contribution < 1.29 is 19.0 Å². The molecule has 1 aliphatic heterocycles. The number of hydrogen-bond acceptors (Lipinski definition) is 6. The van der Waals surface area contributed by atoms with Gasteiger partial charge in [0.25, 0.3) is 5.91 Å². The van der Waals surface area contributed by atoms with Gasteiger partial charge in [0.2, 0.25) is 6.79 Å². The Balaban J connectivity index is 1.78. The van der Waals surface area contributed by atoms with Gasteiger partial charge in [-0.3, -0.25) is 4.79 Å². The number of nitrogens with zero attached hydrogens (tertiary/aromatic N) is 2. The quantitative estimate of drug-likeness (QED) is 0.756. The zero-order valence-electron chi connectivity index (χ0n) is 14.7. The molecule has 0 saturated carbocycles. The molecule has 134 valence electrons. The van der Waals surface area contributed by atoms with Crippen LogP contribution in [0.2, 0.25) is 0 Å². The molecule has 1 amide bonds. The summed E-state index contributed by atoms with van der Waals surface area (Å²) in [6.45, 7) is 6.01. The number of amides is 1. The smallest absolute Gasteiger partial charge is 0.254 e. The van der Waals surface area contributed by atoms with Crippen LogP contribution in [0.4, 0.5) is 0 Å². The second kappa shape index (κ2) is 7.84. The number of methoxy groups -OCH3 is 1. The number of fused-ring (bicyclic) bond motifs is 1. The molecule has 7 heteroatoms. The highest BCUT2D eigenvalue weighted by molar-refractivity contribution is 7.09. The van der Waals surface area contributed by atoms with Crippen molar-refractivity contribution in [3.63, 3.8) is 0 Å². The van der Waals surface area contributed by atoms with Gasteiger partial charge in [-0.25, -0.2) is 4.98 Å². The second-order valence-corrected chi connectivity index (χ2v) is 7.26. The minimum atomic E-state index is -0.0340. The second-order valence-electron chi connectivity index (χ2n) is 6.31. The summed E-state index contributed by atoms with van der Waals surface area (Å²) in [4.78, 5) is 19.4. The molecule has 6 nitrogen and oxygen atoms in total. The van der Waals surface area contributed by atoms with E-state index in [2.05, 4.69) is 18.8 Å². The summed E-state index contributed by atoms with van der Waals surface area (Å²) in [5.41, 5.74) is 1.48. The fourth-order valence-electron chi connectivity index (χ4n) is 2.68. The first-order chi connectivity index (χ1) is 12.1. The van der Waals surface area contributed by atoms with Gasteiger partial charge in [0.1, 0.15) is 5.01 Å². The van der Waals surface area contributed by atoms with E-state index >= 15 is 0 Å². The number of benzene rings is 1. The van der Waals surface area contributed by atoms with E-state index in [-0.39, 0.29) is 12.7 Å². The molecule has 0 saturated heterocycles. The van der Waals surface area contributed by atoms with Crippen molar-refractivity contribution in [2.45, 2.75) is 27.0 Å². The van der Waals surface area contributed by atoms with Crippen LogP contribution in [-0.2, 0) is 17.9 Å². The summed E-state index contributed by atoms with van der Waals surface area (Å²) < 4.78 is 15.8. The number of carbonyl (C=O) groups is 1. The summed E-state index contributed by atoms with van der Waals surface area (Å²) >= 11 is 1.55. The maximum absolute atomic E-state index is 13.0. The van der Waals surface area contributed by atoms with Crippen molar-refractivity contribution in [2.75, 3.05) is 20.4 Å². The van der Waals surface area contributed by atoms with E-state index in [1.165, 1.54) is 0 Å². The van der Waals surface area contributed by atoms with E-state index < -0.39 is 0 Å². The Bertz CT molecular complexity index is 744. The Morgan fingerprint density at radius 3 is 2.92 bits per heavy atom. The Morgan fingerprint density at radius 2 is 2.16 bits per heavy atom. The first kappa shape index (κ1) is 17.7. The van der Waals surface area contributed by atoms with Gasteiger partial charge in [0.05, 0.1) is 18.8 Å². The SMILES string of the molecule is COCc1nc(CN(CC(C)C)C(=O)c2ccc3c(c2)OCO3)cs1. The van der Waals surface area contributed by atoms with Crippen LogP contribution in [0, 0.1) is 5.92 Å². The lowest BCUT2D eigenvalue weighted by atomic mass is 10.1. The van der Waals surface area contributed by atoms with Crippen LogP contribution in [-0.4, -0.2) is 36.2 Å². The Hall–Kier alpha value is -2.12.